The molecule has 0 atom stereocenters. The predicted octanol–water partition coefficient (Wildman–Crippen LogP) is 3.68. The Balaban J connectivity index is 1.66. The van der Waals surface area contributed by atoms with E-state index in [9.17, 15) is 4.79 Å². The van der Waals surface area contributed by atoms with Crippen LogP contribution in [0.2, 0.25) is 0 Å². The fourth-order valence-corrected chi connectivity index (χ4v) is 2.89. The van der Waals surface area contributed by atoms with Crippen molar-refractivity contribution >= 4 is 22.6 Å². The molecule has 1 N–H and O–H groups in total. The molecule has 1 amide bonds. The van der Waals surface area contributed by atoms with Crippen molar-refractivity contribution < 1.29 is 4.79 Å². The first-order valence-corrected chi connectivity index (χ1v) is 8.28. The minimum Gasteiger partial charge on any atom is -0.317 e. The van der Waals surface area contributed by atoms with Gasteiger partial charge in [-0.3, -0.25) is 9.78 Å². The molecule has 0 aliphatic carbocycles. The van der Waals surface area contributed by atoms with Gasteiger partial charge in [0.1, 0.15) is 5.69 Å². The molecule has 4 rings (SSSR count). The Morgan fingerprint density at radius 2 is 1.65 bits per heavy atom. The lowest BCUT2D eigenvalue weighted by Gasteiger charge is -2.07. The lowest BCUT2D eigenvalue weighted by atomic mass is 10.2. The summed E-state index contributed by atoms with van der Waals surface area (Å²) in [4.78, 5) is 21.3. The third-order valence-electron chi connectivity index (χ3n) is 4.21. The number of aryl methyl sites for hydroxylation is 1. The molecule has 2 aromatic carbocycles. The van der Waals surface area contributed by atoms with E-state index < -0.39 is 0 Å². The molecule has 0 unspecified atom stereocenters. The van der Waals surface area contributed by atoms with Crippen LogP contribution < -0.4 is 5.32 Å². The van der Waals surface area contributed by atoms with E-state index in [1.807, 2.05) is 73.1 Å². The number of nitrogens with one attached hydrogen (secondary N) is 1. The molecule has 0 aliphatic heterocycles. The van der Waals surface area contributed by atoms with Gasteiger partial charge >= 0.3 is 0 Å². The van der Waals surface area contributed by atoms with E-state index in [1.54, 1.807) is 0 Å². The maximum atomic E-state index is 12.7. The Kier molecular flexibility index (Phi) is 3.93. The van der Waals surface area contributed by atoms with Gasteiger partial charge in [0, 0.05) is 0 Å². The van der Waals surface area contributed by atoms with Crippen molar-refractivity contribution in [3.8, 4) is 5.69 Å². The zero-order chi connectivity index (χ0) is 18.1. The van der Waals surface area contributed by atoms with Crippen LogP contribution in [-0.4, -0.2) is 25.7 Å². The predicted molar refractivity (Wildman–Crippen MR) is 101 cm³/mol. The van der Waals surface area contributed by atoms with Crippen LogP contribution in [0.4, 0.5) is 5.69 Å². The molecule has 128 valence electrons. The van der Waals surface area contributed by atoms with Gasteiger partial charge in [-0.05, 0) is 38.1 Å². The average molecular weight is 343 g/mol. The molecule has 0 spiro atoms. The number of carbonyl (C=O) groups excluding carboxylic acids is 1. The summed E-state index contributed by atoms with van der Waals surface area (Å²) < 4.78 is 1.82. The van der Waals surface area contributed by atoms with E-state index in [1.165, 1.54) is 6.20 Å². The molecule has 26 heavy (non-hydrogen) atoms. The molecule has 0 bridgehead atoms. The van der Waals surface area contributed by atoms with E-state index in [2.05, 4.69) is 20.4 Å². The Morgan fingerprint density at radius 3 is 2.42 bits per heavy atom. The summed E-state index contributed by atoms with van der Waals surface area (Å²) in [5.74, 6) is -0.304. The minimum atomic E-state index is -0.304. The Bertz CT molecular complexity index is 1100. The number of nitrogens with zero attached hydrogens (tertiary/aromatic N) is 4. The number of fused-ring (bicyclic) bond motifs is 1. The molecule has 6 heteroatoms. The summed E-state index contributed by atoms with van der Waals surface area (Å²) in [6.45, 7) is 3.79. The molecule has 2 aromatic heterocycles. The van der Waals surface area contributed by atoms with Crippen molar-refractivity contribution in [3.05, 3.63) is 77.9 Å². The second-order valence-corrected chi connectivity index (χ2v) is 5.99. The number of aromatic nitrogens is 4. The first-order chi connectivity index (χ1) is 12.6. The monoisotopic (exact) mass is 343 g/mol. The van der Waals surface area contributed by atoms with Crippen LogP contribution >= 0.6 is 0 Å². The number of para-hydroxylation sites is 3. The van der Waals surface area contributed by atoms with Gasteiger partial charge in [-0.15, -0.1) is 0 Å². The summed E-state index contributed by atoms with van der Waals surface area (Å²) in [6, 6.07) is 17.3. The van der Waals surface area contributed by atoms with Crippen LogP contribution in [0.3, 0.4) is 0 Å². The number of hydrogen-bond acceptors (Lipinski definition) is 4. The highest BCUT2D eigenvalue weighted by Crippen LogP contribution is 2.23. The summed E-state index contributed by atoms with van der Waals surface area (Å²) in [6.07, 6.45) is 1.49. The third-order valence-corrected chi connectivity index (χ3v) is 4.21. The number of carbonyl (C=O) groups is 1. The zero-order valence-electron chi connectivity index (χ0n) is 14.5. The number of rotatable bonds is 3. The number of hydrogen-bond donors (Lipinski definition) is 1. The highest BCUT2D eigenvalue weighted by molar-refractivity contribution is 6.04. The number of amides is 1. The summed E-state index contributed by atoms with van der Waals surface area (Å²) in [5.41, 5.74) is 4.95. The normalized spacial score (nSPS) is 10.8. The molecule has 0 saturated carbocycles. The summed E-state index contributed by atoms with van der Waals surface area (Å²) >= 11 is 0. The van der Waals surface area contributed by atoms with Crippen LogP contribution in [-0.2, 0) is 0 Å². The molecule has 0 aliphatic rings. The smallest absolute Gasteiger partial charge is 0.275 e. The Labute approximate surface area is 150 Å². The maximum absolute atomic E-state index is 12.7. The molecule has 0 fully saturated rings. The van der Waals surface area contributed by atoms with Gasteiger partial charge in [0.25, 0.3) is 5.91 Å². The van der Waals surface area contributed by atoms with Crippen molar-refractivity contribution in [2.75, 3.05) is 5.32 Å². The summed E-state index contributed by atoms with van der Waals surface area (Å²) in [5, 5.41) is 7.47. The molecular formula is C20H17N5O. The Hall–Kier alpha value is -3.54. The van der Waals surface area contributed by atoms with Crippen LogP contribution in [0.5, 0.6) is 0 Å². The van der Waals surface area contributed by atoms with Gasteiger partial charge < -0.3 is 5.32 Å². The largest absolute Gasteiger partial charge is 0.317 e. The van der Waals surface area contributed by atoms with Gasteiger partial charge in [0.05, 0.1) is 40.0 Å². The van der Waals surface area contributed by atoms with Crippen molar-refractivity contribution in [3.63, 3.8) is 0 Å². The standard InChI is InChI=1S/C20H17N5O/c1-13-19(14(2)25(24-13)15-8-4-3-5-9-15)23-20(26)18-12-21-16-10-6-7-11-17(16)22-18/h3-12H,1-2H3,(H,23,26). The van der Waals surface area contributed by atoms with Crippen LogP contribution in [0.15, 0.2) is 60.8 Å². The van der Waals surface area contributed by atoms with Crippen molar-refractivity contribution in [2.24, 2.45) is 0 Å². The van der Waals surface area contributed by atoms with Gasteiger partial charge in [-0.25, -0.2) is 9.67 Å². The highest BCUT2D eigenvalue weighted by Gasteiger charge is 2.17. The van der Waals surface area contributed by atoms with Gasteiger partial charge in [-0.2, -0.15) is 5.10 Å². The SMILES string of the molecule is Cc1nn(-c2ccccc2)c(C)c1NC(=O)c1cnc2ccccc2n1. The lowest BCUT2D eigenvalue weighted by Crippen LogP contribution is -2.15. The first kappa shape index (κ1) is 16.0. The zero-order valence-corrected chi connectivity index (χ0v) is 14.5. The quantitative estimate of drug-likeness (QED) is 0.616. The van der Waals surface area contributed by atoms with Crippen LogP contribution in [0.25, 0.3) is 16.7 Å². The maximum Gasteiger partial charge on any atom is 0.275 e. The average Bonchev–Trinajstić information content (AvgIpc) is 2.96. The second-order valence-electron chi connectivity index (χ2n) is 5.99. The number of anilines is 1. The topological polar surface area (TPSA) is 72.7 Å². The van der Waals surface area contributed by atoms with Gasteiger partial charge in [0.2, 0.25) is 0 Å². The van der Waals surface area contributed by atoms with Crippen molar-refractivity contribution in [1.29, 1.82) is 0 Å². The van der Waals surface area contributed by atoms with E-state index >= 15 is 0 Å². The Morgan fingerprint density at radius 1 is 0.962 bits per heavy atom. The fourth-order valence-electron chi connectivity index (χ4n) is 2.89. The third kappa shape index (κ3) is 2.82. The second kappa shape index (κ2) is 6.40. The molecule has 0 radical (unpaired) electrons. The first-order valence-electron chi connectivity index (χ1n) is 8.28. The summed E-state index contributed by atoms with van der Waals surface area (Å²) in [7, 11) is 0. The van der Waals surface area contributed by atoms with Gasteiger partial charge in [0.15, 0.2) is 0 Å². The molecule has 0 saturated heterocycles. The highest BCUT2D eigenvalue weighted by atomic mass is 16.1. The fraction of sp³-hybridized carbons (Fsp3) is 0.100. The van der Waals surface area contributed by atoms with E-state index in [4.69, 9.17) is 0 Å². The van der Waals surface area contributed by atoms with E-state index in [-0.39, 0.29) is 11.6 Å². The van der Waals surface area contributed by atoms with Crippen molar-refractivity contribution in [1.82, 2.24) is 19.7 Å². The molecule has 2 heterocycles. The number of benzene rings is 2. The lowest BCUT2D eigenvalue weighted by molar-refractivity contribution is 0.102. The van der Waals surface area contributed by atoms with Gasteiger partial charge in [-0.1, -0.05) is 30.3 Å². The minimum absolute atomic E-state index is 0.273. The van der Waals surface area contributed by atoms with E-state index in [0.717, 1.165) is 22.6 Å². The van der Waals surface area contributed by atoms with Crippen LogP contribution in [0, 0.1) is 13.8 Å². The van der Waals surface area contributed by atoms with Crippen LogP contribution in [0.1, 0.15) is 21.9 Å². The molecule has 6 nitrogen and oxygen atoms in total. The molecular weight excluding hydrogens is 326 g/mol. The van der Waals surface area contributed by atoms with Crippen molar-refractivity contribution in [2.45, 2.75) is 13.8 Å². The molecule has 4 aromatic rings. The van der Waals surface area contributed by atoms with E-state index in [0.29, 0.717) is 11.2 Å².